The molecule has 0 spiro atoms. The van der Waals surface area contributed by atoms with Crippen molar-refractivity contribution in [1.29, 1.82) is 0 Å². The zero-order valence-corrected chi connectivity index (χ0v) is 26.7. The molecule has 0 fully saturated rings. The van der Waals surface area contributed by atoms with Gasteiger partial charge in [-0.25, -0.2) is 0 Å². The maximum atomic E-state index is 4.74. The van der Waals surface area contributed by atoms with E-state index in [4.69, 9.17) is 6.72 Å². The Morgan fingerprint density at radius 3 is 2.04 bits per heavy atom. The van der Waals surface area contributed by atoms with Gasteiger partial charge < -0.3 is 5.32 Å². The van der Waals surface area contributed by atoms with E-state index in [9.17, 15) is 0 Å². The number of hydrogen-bond acceptors (Lipinski definition) is 1. The van der Waals surface area contributed by atoms with Gasteiger partial charge >= 0.3 is 0 Å². The molecule has 2 heteroatoms. The Kier molecular flexibility index (Phi) is 7.59. The van der Waals surface area contributed by atoms with E-state index >= 15 is 0 Å². The third-order valence-electron chi connectivity index (χ3n) is 9.40. The number of aromatic nitrogens is 1. The number of pyridine rings is 1. The summed E-state index contributed by atoms with van der Waals surface area (Å²) in [5, 5.41) is 10.3. The number of nitrogens with zero attached hydrogens (tertiary/aromatic N) is 1. The van der Waals surface area contributed by atoms with E-state index in [2.05, 4.69) is 165 Å². The first-order valence-electron chi connectivity index (χ1n) is 16.2. The normalized spacial score (nSPS) is 14.7. The van der Waals surface area contributed by atoms with Crippen LogP contribution < -0.4 is 14.9 Å². The highest BCUT2D eigenvalue weighted by molar-refractivity contribution is 6.09. The fourth-order valence-corrected chi connectivity index (χ4v) is 7.12. The molecule has 222 valence electrons. The lowest BCUT2D eigenvalue weighted by molar-refractivity contribution is -0.524. The number of hydrogen-bond donors (Lipinski definition) is 1. The summed E-state index contributed by atoms with van der Waals surface area (Å²) in [6, 6.07) is 42.0. The monoisotopic (exact) mass is 585 g/mol. The molecular formula is C43H41N2+. The van der Waals surface area contributed by atoms with E-state index in [1.807, 2.05) is 0 Å². The van der Waals surface area contributed by atoms with Crippen LogP contribution in [0.15, 0.2) is 127 Å². The SMILES string of the molecule is C=[n+]1c(C(Nc2c(C(C)C)cccc2C(C)C)c2cc3ccccc3c3ccccc23)ccc/c1=C1/C=CCc2ccccc21. The molecule has 5 aromatic carbocycles. The summed E-state index contributed by atoms with van der Waals surface area (Å²) < 4.78 is 2.16. The van der Waals surface area contributed by atoms with Crippen molar-refractivity contribution in [2.45, 2.75) is 52.0 Å². The summed E-state index contributed by atoms with van der Waals surface area (Å²) in [5.41, 5.74) is 10.1. The maximum Gasteiger partial charge on any atom is 0.218 e. The van der Waals surface area contributed by atoms with Gasteiger partial charge in [0.2, 0.25) is 11.0 Å². The van der Waals surface area contributed by atoms with Crippen LogP contribution in [0.2, 0.25) is 0 Å². The van der Waals surface area contributed by atoms with E-state index in [1.165, 1.54) is 60.6 Å². The average Bonchev–Trinajstić information content (AvgIpc) is 3.07. The maximum absolute atomic E-state index is 4.74. The highest BCUT2D eigenvalue weighted by atomic mass is 15.0. The molecule has 1 atom stereocenters. The summed E-state index contributed by atoms with van der Waals surface area (Å²) in [6.07, 6.45) is 5.49. The van der Waals surface area contributed by atoms with E-state index in [0.29, 0.717) is 11.8 Å². The summed E-state index contributed by atoms with van der Waals surface area (Å²) in [5.74, 6) is 0.746. The highest BCUT2D eigenvalue weighted by Crippen LogP contribution is 2.39. The van der Waals surface area contributed by atoms with Crippen LogP contribution in [0, 0.1) is 6.72 Å². The fourth-order valence-electron chi connectivity index (χ4n) is 7.12. The van der Waals surface area contributed by atoms with Gasteiger partial charge in [0.15, 0.2) is 0 Å². The molecule has 0 amide bonds. The molecule has 0 aliphatic heterocycles. The predicted octanol–water partition coefficient (Wildman–Crippen LogP) is 9.68. The molecule has 6 aromatic rings. The molecule has 1 heterocycles. The van der Waals surface area contributed by atoms with Crippen LogP contribution in [0.5, 0.6) is 0 Å². The van der Waals surface area contributed by atoms with E-state index in [0.717, 1.165) is 17.5 Å². The topological polar surface area (TPSA) is 17.9 Å². The minimum Gasteiger partial charge on any atom is -0.369 e. The van der Waals surface area contributed by atoms with Gasteiger partial charge in [-0.05, 0) is 79.8 Å². The van der Waals surface area contributed by atoms with E-state index in [1.54, 1.807) is 0 Å². The Balaban J connectivity index is 1.55. The Labute approximate surface area is 266 Å². The number of para-hydroxylation sites is 1. The van der Waals surface area contributed by atoms with E-state index in [-0.39, 0.29) is 6.04 Å². The van der Waals surface area contributed by atoms with Crippen molar-refractivity contribution in [3.8, 4) is 0 Å². The molecule has 7 rings (SSSR count). The summed E-state index contributed by atoms with van der Waals surface area (Å²) in [7, 11) is 0. The Bertz CT molecular complexity index is 2180. The Hall–Kier alpha value is -4.95. The van der Waals surface area contributed by atoms with Crippen molar-refractivity contribution in [3.63, 3.8) is 0 Å². The second-order valence-electron chi connectivity index (χ2n) is 12.9. The Morgan fingerprint density at radius 1 is 0.644 bits per heavy atom. The minimum atomic E-state index is -0.155. The van der Waals surface area contributed by atoms with Crippen molar-refractivity contribution in [1.82, 2.24) is 0 Å². The number of fused-ring (bicyclic) bond motifs is 4. The van der Waals surface area contributed by atoms with Crippen molar-refractivity contribution >= 4 is 32.8 Å². The van der Waals surface area contributed by atoms with Gasteiger partial charge in [-0.15, -0.1) is 0 Å². The molecule has 1 unspecified atom stereocenters. The van der Waals surface area contributed by atoms with Gasteiger partial charge in [-0.1, -0.05) is 131 Å². The van der Waals surface area contributed by atoms with Crippen LogP contribution in [0.4, 0.5) is 5.69 Å². The molecule has 2 nitrogen and oxygen atoms in total. The van der Waals surface area contributed by atoms with Gasteiger partial charge in [-0.3, -0.25) is 0 Å². The Morgan fingerprint density at radius 2 is 1.29 bits per heavy atom. The van der Waals surface area contributed by atoms with Gasteiger partial charge in [0.25, 0.3) is 0 Å². The average molecular weight is 586 g/mol. The first-order valence-corrected chi connectivity index (χ1v) is 16.2. The minimum absolute atomic E-state index is 0.155. The third kappa shape index (κ3) is 5.15. The molecule has 1 N–H and O–H groups in total. The number of nitrogens with one attached hydrogen (secondary N) is 1. The molecular weight excluding hydrogens is 544 g/mol. The summed E-state index contributed by atoms with van der Waals surface area (Å²) in [6.45, 7) is 13.9. The fraction of sp³-hybridized carbons (Fsp3) is 0.186. The van der Waals surface area contributed by atoms with Crippen LogP contribution in [-0.2, 0) is 6.42 Å². The molecule has 0 saturated carbocycles. The van der Waals surface area contributed by atoms with Crippen LogP contribution in [0.3, 0.4) is 0 Å². The third-order valence-corrected chi connectivity index (χ3v) is 9.40. The number of rotatable bonds is 6. The number of benzene rings is 5. The smallest absolute Gasteiger partial charge is 0.218 e. The molecule has 45 heavy (non-hydrogen) atoms. The van der Waals surface area contributed by atoms with Gasteiger partial charge in [0, 0.05) is 17.8 Å². The second-order valence-corrected chi connectivity index (χ2v) is 12.9. The standard InChI is InChI=1S/C43H41N2/c1-28(2)32-22-13-23-33(29(3)4)42(32)44-43(39-27-31-16-7-9-19-35(31)36-20-10-11-21-37(36)39)41-26-14-25-40(45(41)5)38-24-12-17-30-15-6-8-18-34(30)38/h6-16,18-29,43-44H,5,17H2,1-4H3/q+1/b40-38+. The largest absolute Gasteiger partial charge is 0.369 e. The van der Waals surface area contributed by atoms with Gasteiger partial charge in [0.05, 0.1) is 5.57 Å². The molecule has 0 bridgehead atoms. The first-order chi connectivity index (χ1) is 21.9. The lowest BCUT2D eigenvalue weighted by Gasteiger charge is -2.26. The molecule has 0 saturated heterocycles. The van der Waals surface area contributed by atoms with Gasteiger partial charge in [0.1, 0.15) is 12.8 Å². The van der Waals surface area contributed by atoms with Crippen molar-refractivity contribution in [2.24, 2.45) is 0 Å². The van der Waals surface area contributed by atoms with Crippen molar-refractivity contribution in [2.75, 3.05) is 5.32 Å². The molecule has 0 radical (unpaired) electrons. The lowest BCUT2D eigenvalue weighted by Crippen LogP contribution is -2.43. The van der Waals surface area contributed by atoms with Crippen molar-refractivity contribution < 1.29 is 4.24 Å². The zero-order chi connectivity index (χ0) is 31.1. The zero-order valence-electron chi connectivity index (χ0n) is 26.7. The quantitative estimate of drug-likeness (QED) is 0.152. The number of anilines is 1. The van der Waals surface area contributed by atoms with Crippen LogP contribution >= 0.6 is 0 Å². The highest BCUT2D eigenvalue weighted by Gasteiger charge is 2.28. The van der Waals surface area contributed by atoms with Crippen LogP contribution in [0.1, 0.15) is 79.1 Å². The predicted molar refractivity (Wildman–Crippen MR) is 190 cm³/mol. The molecule has 1 aromatic heterocycles. The lowest BCUT2D eigenvalue weighted by atomic mass is 9.89. The second kappa shape index (κ2) is 11.9. The number of allylic oxidation sites excluding steroid dienone is 2. The summed E-state index contributed by atoms with van der Waals surface area (Å²) >= 11 is 0. The summed E-state index contributed by atoms with van der Waals surface area (Å²) in [4.78, 5) is 0. The van der Waals surface area contributed by atoms with E-state index < -0.39 is 0 Å². The molecule has 1 aliphatic carbocycles. The van der Waals surface area contributed by atoms with Crippen LogP contribution in [-0.4, -0.2) is 0 Å². The van der Waals surface area contributed by atoms with Gasteiger partial charge in [-0.2, -0.15) is 4.24 Å². The first kappa shape index (κ1) is 28.8. The molecule has 1 aliphatic rings. The van der Waals surface area contributed by atoms with Crippen molar-refractivity contribution in [3.05, 3.63) is 173 Å². The van der Waals surface area contributed by atoms with Crippen LogP contribution in [0.25, 0.3) is 27.1 Å².